The number of carbonyl (C=O) groups is 1. The van der Waals surface area contributed by atoms with E-state index in [-0.39, 0.29) is 17.7 Å². The molecule has 3 aromatic rings. The second-order valence-electron chi connectivity index (χ2n) is 6.34. The first-order chi connectivity index (χ1) is 12.4. The van der Waals surface area contributed by atoms with Crippen LogP contribution in [-0.2, 0) is 6.42 Å². The van der Waals surface area contributed by atoms with Gasteiger partial charge in [0.15, 0.2) is 0 Å². The summed E-state index contributed by atoms with van der Waals surface area (Å²) in [7, 11) is 1.79. The first-order valence-electron chi connectivity index (χ1n) is 8.39. The number of aryl methyl sites for hydroxylation is 1. The predicted octanol–water partition coefficient (Wildman–Crippen LogP) is 3.45. The molecular weight excluding hydrogens is 330 g/mol. The standard InChI is InChI=1S/C20H21N3O3/c1-13(11-15-7-9-18(24)10-8-15)23(3)20(25)17-6-4-5-16(12-17)19-22-21-14(2)26-19/h4-10,12-13,24H,11H2,1-3H3/t13-/m1/s1. The van der Waals surface area contributed by atoms with E-state index in [9.17, 15) is 9.90 Å². The number of rotatable bonds is 5. The summed E-state index contributed by atoms with van der Waals surface area (Å²) in [6.07, 6.45) is 0.699. The van der Waals surface area contributed by atoms with E-state index in [0.29, 0.717) is 23.8 Å². The number of benzene rings is 2. The number of hydrogen-bond donors (Lipinski definition) is 1. The molecule has 0 bridgehead atoms. The Morgan fingerprint density at radius 2 is 1.92 bits per heavy atom. The fraction of sp³-hybridized carbons (Fsp3) is 0.250. The minimum absolute atomic E-state index is 0.00125. The molecule has 0 spiro atoms. The molecule has 1 N–H and O–H groups in total. The van der Waals surface area contributed by atoms with Gasteiger partial charge in [0.2, 0.25) is 11.8 Å². The predicted molar refractivity (Wildman–Crippen MR) is 97.8 cm³/mol. The van der Waals surface area contributed by atoms with Crippen molar-refractivity contribution >= 4 is 5.91 Å². The molecule has 0 aliphatic rings. The first-order valence-corrected chi connectivity index (χ1v) is 8.39. The molecular formula is C20H21N3O3. The van der Waals surface area contributed by atoms with Crippen LogP contribution in [0.25, 0.3) is 11.5 Å². The van der Waals surface area contributed by atoms with Crippen LogP contribution in [0.4, 0.5) is 0 Å². The average molecular weight is 351 g/mol. The Balaban J connectivity index is 1.74. The van der Waals surface area contributed by atoms with Crippen molar-refractivity contribution in [2.45, 2.75) is 26.3 Å². The molecule has 1 aromatic heterocycles. The molecule has 1 atom stereocenters. The molecule has 3 rings (SSSR count). The number of phenolic OH excluding ortho intramolecular Hbond substituents is 1. The topological polar surface area (TPSA) is 79.5 Å². The van der Waals surface area contributed by atoms with E-state index in [0.717, 1.165) is 11.1 Å². The summed E-state index contributed by atoms with van der Waals surface area (Å²) in [4.78, 5) is 14.6. The summed E-state index contributed by atoms with van der Waals surface area (Å²) in [5.41, 5.74) is 2.35. The molecule has 1 heterocycles. The molecule has 6 nitrogen and oxygen atoms in total. The van der Waals surface area contributed by atoms with Crippen molar-refractivity contribution in [2.24, 2.45) is 0 Å². The minimum atomic E-state index is -0.0747. The number of carbonyl (C=O) groups excluding carboxylic acids is 1. The van der Waals surface area contributed by atoms with Crippen LogP contribution in [0.5, 0.6) is 5.75 Å². The van der Waals surface area contributed by atoms with Crippen molar-refractivity contribution in [3.63, 3.8) is 0 Å². The average Bonchev–Trinajstić information content (AvgIpc) is 3.09. The van der Waals surface area contributed by atoms with Crippen molar-refractivity contribution in [3.05, 3.63) is 65.5 Å². The van der Waals surface area contributed by atoms with Gasteiger partial charge in [-0.15, -0.1) is 10.2 Å². The van der Waals surface area contributed by atoms with Crippen molar-refractivity contribution in [3.8, 4) is 17.2 Å². The number of likely N-dealkylation sites (N-methyl/N-ethyl adjacent to an activating group) is 1. The van der Waals surface area contributed by atoms with E-state index in [1.165, 1.54) is 0 Å². The first kappa shape index (κ1) is 17.7. The van der Waals surface area contributed by atoms with Gasteiger partial charge in [-0.3, -0.25) is 4.79 Å². The number of amides is 1. The highest BCUT2D eigenvalue weighted by molar-refractivity contribution is 5.95. The van der Waals surface area contributed by atoms with E-state index in [4.69, 9.17) is 4.42 Å². The lowest BCUT2D eigenvalue weighted by Gasteiger charge is -2.25. The van der Waals surface area contributed by atoms with Gasteiger partial charge in [0, 0.05) is 31.1 Å². The summed E-state index contributed by atoms with van der Waals surface area (Å²) >= 11 is 0. The fourth-order valence-electron chi connectivity index (χ4n) is 2.71. The molecule has 2 aromatic carbocycles. The second-order valence-corrected chi connectivity index (χ2v) is 6.34. The van der Waals surface area contributed by atoms with Gasteiger partial charge in [-0.25, -0.2) is 0 Å². The van der Waals surface area contributed by atoms with Gasteiger partial charge in [-0.1, -0.05) is 18.2 Å². The minimum Gasteiger partial charge on any atom is -0.508 e. The molecule has 1 amide bonds. The SMILES string of the molecule is Cc1nnc(-c2cccc(C(=O)N(C)[C@H](C)Cc3ccc(O)cc3)c2)o1. The van der Waals surface area contributed by atoms with Crippen molar-refractivity contribution < 1.29 is 14.3 Å². The molecule has 6 heteroatoms. The molecule has 0 radical (unpaired) electrons. The van der Waals surface area contributed by atoms with E-state index in [1.54, 1.807) is 49.2 Å². The Bertz CT molecular complexity index is 903. The summed E-state index contributed by atoms with van der Waals surface area (Å²) in [6, 6.07) is 14.2. The number of phenols is 1. The third-order valence-electron chi connectivity index (χ3n) is 4.33. The van der Waals surface area contributed by atoms with Crippen LogP contribution in [0.1, 0.15) is 28.7 Å². The smallest absolute Gasteiger partial charge is 0.253 e. The lowest BCUT2D eigenvalue weighted by molar-refractivity contribution is 0.0743. The zero-order chi connectivity index (χ0) is 18.7. The fourth-order valence-corrected chi connectivity index (χ4v) is 2.71. The largest absolute Gasteiger partial charge is 0.508 e. The number of aromatic nitrogens is 2. The van der Waals surface area contributed by atoms with Gasteiger partial charge in [0.05, 0.1) is 0 Å². The van der Waals surface area contributed by atoms with Crippen LogP contribution in [0.3, 0.4) is 0 Å². The maximum absolute atomic E-state index is 12.8. The number of hydrogen-bond acceptors (Lipinski definition) is 5. The Kier molecular flexibility index (Phi) is 5.02. The molecule has 26 heavy (non-hydrogen) atoms. The third kappa shape index (κ3) is 3.91. The molecule has 0 saturated carbocycles. The highest BCUT2D eigenvalue weighted by Crippen LogP contribution is 2.20. The van der Waals surface area contributed by atoms with Crippen molar-refractivity contribution in [2.75, 3.05) is 7.05 Å². The zero-order valence-electron chi connectivity index (χ0n) is 15.0. The maximum atomic E-state index is 12.8. The number of aromatic hydroxyl groups is 1. The molecule has 0 aliphatic carbocycles. The lowest BCUT2D eigenvalue weighted by Crippen LogP contribution is -2.36. The van der Waals surface area contributed by atoms with Gasteiger partial charge >= 0.3 is 0 Å². The van der Waals surface area contributed by atoms with E-state index in [1.807, 2.05) is 25.1 Å². The molecule has 0 fully saturated rings. The van der Waals surface area contributed by atoms with Gasteiger partial charge in [-0.05, 0) is 49.2 Å². The molecule has 0 saturated heterocycles. The summed E-state index contributed by atoms with van der Waals surface area (Å²) in [6.45, 7) is 3.72. The van der Waals surface area contributed by atoms with Gasteiger partial charge in [0.1, 0.15) is 5.75 Å². The van der Waals surface area contributed by atoms with Crippen LogP contribution >= 0.6 is 0 Å². The second kappa shape index (κ2) is 7.39. The van der Waals surface area contributed by atoms with Crippen LogP contribution in [-0.4, -0.2) is 39.2 Å². The van der Waals surface area contributed by atoms with E-state index < -0.39 is 0 Å². The highest BCUT2D eigenvalue weighted by atomic mass is 16.4. The van der Waals surface area contributed by atoms with Crippen LogP contribution in [0, 0.1) is 6.92 Å². The van der Waals surface area contributed by atoms with E-state index in [2.05, 4.69) is 10.2 Å². The van der Waals surface area contributed by atoms with Gasteiger partial charge in [0.25, 0.3) is 5.91 Å². The Morgan fingerprint density at radius 3 is 2.58 bits per heavy atom. The van der Waals surface area contributed by atoms with Gasteiger partial charge in [-0.2, -0.15) is 0 Å². The summed E-state index contributed by atoms with van der Waals surface area (Å²) in [5, 5.41) is 17.2. The zero-order valence-corrected chi connectivity index (χ0v) is 15.0. The quantitative estimate of drug-likeness (QED) is 0.761. The van der Waals surface area contributed by atoms with Crippen molar-refractivity contribution in [1.29, 1.82) is 0 Å². The molecule has 0 aliphatic heterocycles. The Labute approximate surface area is 152 Å². The summed E-state index contributed by atoms with van der Waals surface area (Å²) in [5.74, 6) is 1.04. The van der Waals surface area contributed by atoms with Gasteiger partial charge < -0.3 is 14.4 Å². The molecule has 134 valence electrons. The lowest BCUT2D eigenvalue weighted by atomic mass is 10.0. The molecule has 0 unspecified atom stereocenters. The highest BCUT2D eigenvalue weighted by Gasteiger charge is 2.19. The van der Waals surface area contributed by atoms with E-state index >= 15 is 0 Å². The van der Waals surface area contributed by atoms with Crippen LogP contribution in [0.15, 0.2) is 52.9 Å². The monoisotopic (exact) mass is 351 g/mol. The van der Waals surface area contributed by atoms with Crippen LogP contribution < -0.4 is 0 Å². The third-order valence-corrected chi connectivity index (χ3v) is 4.33. The summed E-state index contributed by atoms with van der Waals surface area (Å²) < 4.78 is 5.43. The normalized spacial score (nSPS) is 12.0. The van der Waals surface area contributed by atoms with Crippen LogP contribution in [0.2, 0.25) is 0 Å². The Hall–Kier alpha value is -3.15. The van der Waals surface area contributed by atoms with Crippen molar-refractivity contribution in [1.82, 2.24) is 15.1 Å². The maximum Gasteiger partial charge on any atom is 0.253 e. The number of nitrogens with zero attached hydrogens (tertiary/aromatic N) is 3. The Morgan fingerprint density at radius 1 is 1.19 bits per heavy atom.